The number of H-pyrrole nitrogens is 1. The van der Waals surface area contributed by atoms with Crippen LogP contribution in [0.25, 0.3) is 17.3 Å². The maximum atomic E-state index is 11.8. The number of benzene rings is 1. The lowest BCUT2D eigenvalue weighted by Gasteiger charge is -2.04. The average Bonchev–Trinajstić information content (AvgIpc) is 3.19. The van der Waals surface area contributed by atoms with Crippen LogP contribution in [0.5, 0.6) is 0 Å². The first kappa shape index (κ1) is 12.9. The van der Waals surface area contributed by atoms with Crippen LogP contribution in [-0.4, -0.2) is 16.1 Å². The highest BCUT2D eigenvalue weighted by Gasteiger charge is 2.02. The molecule has 0 saturated carbocycles. The molecule has 1 amide bonds. The van der Waals surface area contributed by atoms with E-state index in [1.807, 2.05) is 30.3 Å². The Morgan fingerprint density at radius 2 is 2.19 bits per heavy atom. The molecule has 0 unspecified atom stereocenters. The molecular formula is C16H13N3O2. The number of furan rings is 1. The Labute approximate surface area is 121 Å². The van der Waals surface area contributed by atoms with Crippen LogP contribution in [0, 0.1) is 0 Å². The molecule has 0 aliphatic carbocycles. The molecule has 0 spiro atoms. The number of carbonyl (C=O) groups is 1. The van der Waals surface area contributed by atoms with Crippen molar-refractivity contribution in [3.63, 3.8) is 0 Å². The number of rotatable bonds is 4. The summed E-state index contributed by atoms with van der Waals surface area (Å²) in [6, 6.07) is 13.0. The van der Waals surface area contributed by atoms with E-state index in [1.165, 1.54) is 6.08 Å². The van der Waals surface area contributed by atoms with Gasteiger partial charge in [-0.2, -0.15) is 5.10 Å². The van der Waals surface area contributed by atoms with Crippen LogP contribution >= 0.6 is 0 Å². The summed E-state index contributed by atoms with van der Waals surface area (Å²) in [4.78, 5) is 11.8. The van der Waals surface area contributed by atoms with E-state index in [0.29, 0.717) is 5.76 Å². The molecule has 2 aromatic heterocycles. The summed E-state index contributed by atoms with van der Waals surface area (Å²) in [5, 5.41) is 9.61. The van der Waals surface area contributed by atoms with Crippen molar-refractivity contribution >= 4 is 17.7 Å². The van der Waals surface area contributed by atoms with E-state index in [4.69, 9.17) is 4.42 Å². The largest absolute Gasteiger partial charge is 0.465 e. The number of hydrogen-bond donors (Lipinski definition) is 2. The van der Waals surface area contributed by atoms with E-state index in [0.717, 1.165) is 16.9 Å². The number of aromatic nitrogens is 2. The summed E-state index contributed by atoms with van der Waals surface area (Å²) in [5.41, 5.74) is 2.58. The van der Waals surface area contributed by atoms with E-state index >= 15 is 0 Å². The molecule has 2 heterocycles. The van der Waals surface area contributed by atoms with Crippen molar-refractivity contribution in [3.05, 3.63) is 66.8 Å². The van der Waals surface area contributed by atoms with Gasteiger partial charge in [0.2, 0.25) is 5.91 Å². The smallest absolute Gasteiger partial charge is 0.248 e. The number of carbonyl (C=O) groups excluding carboxylic acids is 1. The Balaban J connectivity index is 1.70. The van der Waals surface area contributed by atoms with Crippen molar-refractivity contribution in [2.24, 2.45) is 0 Å². The molecule has 1 aromatic carbocycles. The molecule has 0 fully saturated rings. The lowest BCUT2D eigenvalue weighted by Crippen LogP contribution is -2.07. The molecule has 0 saturated heterocycles. The number of amides is 1. The maximum Gasteiger partial charge on any atom is 0.248 e. The van der Waals surface area contributed by atoms with E-state index in [-0.39, 0.29) is 5.91 Å². The van der Waals surface area contributed by atoms with Gasteiger partial charge in [-0.15, -0.1) is 0 Å². The Morgan fingerprint density at radius 1 is 1.24 bits per heavy atom. The minimum absolute atomic E-state index is 0.215. The molecule has 0 bridgehead atoms. The Morgan fingerprint density at radius 3 is 2.95 bits per heavy atom. The number of hydrogen-bond acceptors (Lipinski definition) is 3. The Hall–Kier alpha value is -3.08. The number of anilines is 1. The third kappa shape index (κ3) is 3.27. The highest BCUT2D eigenvalue weighted by molar-refractivity contribution is 6.02. The molecule has 0 radical (unpaired) electrons. The van der Waals surface area contributed by atoms with Gasteiger partial charge in [0, 0.05) is 23.5 Å². The Kier molecular flexibility index (Phi) is 3.64. The zero-order valence-electron chi connectivity index (χ0n) is 11.1. The second-order valence-electron chi connectivity index (χ2n) is 4.39. The topological polar surface area (TPSA) is 70.9 Å². The van der Waals surface area contributed by atoms with Crippen LogP contribution in [0.1, 0.15) is 5.76 Å². The summed E-state index contributed by atoms with van der Waals surface area (Å²) < 4.78 is 5.12. The molecule has 5 nitrogen and oxygen atoms in total. The van der Waals surface area contributed by atoms with Gasteiger partial charge in [0.15, 0.2) is 0 Å². The van der Waals surface area contributed by atoms with Crippen molar-refractivity contribution in [2.75, 3.05) is 5.32 Å². The van der Waals surface area contributed by atoms with Crippen LogP contribution in [0.15, 0.2) is 65.4 Å². The minimum atomic E-state index is -0.215. The lowest BCUT2D eigenvalue weighted by atomic mass is 10.1. The van der Waals surface area contributed by atoms with Gasteiger partial charge < -0.3 is 9.73 Å². The summed E-state index contributed by atoms with van der Waals surface area (Å²) in [6.45, 7) is 0. The normalized spacial score (nSPS) is 10.9. The molecule has 3 rings (SSSR count). The van der Waals surface area contributed by atoms with E-state index in [1.54, 1.807) is 30.7 Å². The minimum Gasteiger partial charge on any atom is -0.465 e. The van der Waals surface area contributed by atoms with Crippen LogP contribution in [-0.2, 0) is 4.79 Å². The van der Waals surface area contributed by atoms with E-state index in [2.05, 4.69) is 15.5 Å². The van der Waals surface area contributed by atoms with E-state index in [9.17, 15) is 4.79 Å². The number of nitrogens with zero attached hydrogens (tertiary/aromatic N) is 1. The second kappa shape index (κ2) is 5.92. The van der Waals surface area contributed by atoms with Crippen LogP contribution in [0.2, 0.25) is 0 Å². The van der Waals surface area contributed by atoms with Gasteiger partial charge >= 0.3 is 0 Å². The van der Waals surface area contributed by atoms with Crippen molar-refractivity contribution in [2.45, 2.75) is 0 Å². The molecule has 0 aliphatic heterocycles. The SMILES string of the molecule is O=C(/C=C\c1ccco1)Nc1cccc(-c2ccn[nH]2)c1. The number of aromatic amines is 1. The van der Waals surface area contributed by atoms with Crippen molar-refractivity contribution in [1.29, 1.82) is 0 Å². The van der Waals surface area contributed by atoms with Gasteiger partial charge in [0.05, 0.1) is 12.0 Å². The molecular weight excluding hydrogens is 266 g/mol. The highest BCUT2D eigenvalue weighted by atomic mass is 16.3. The van der Waals surface area contributed by atoms with Crippen LogP contribution in [0.4, 0.5) is 5.69 Å². The summed E-state index contributed by atoms with van der Waals surface area (Å²) in [6.07, 6.45) is 6.30. The molecule has 5 heteroatoms. The first-order valence-corrected chi connectivity index (χ1v) is 6.44. The van der Waals surface area contributed by atoms with Crippen molar-refractivity contribution in [1.82, 2.24) is 10.2 Å². The molecule has 0 aliphatic rings. The summed E-state index contributed by atoms with van der Waals surface area (Å²) in [7, 11) is 0. The maximum absolute atomic E-state index is 11.8. The molecule has 0 atom stereocenters. The third-order valence-electron chi connectivity index (χ3n) is 2.88. The van der Waals surface area contributed by atoms with Crippen molar-refractivity contribution < 1.29 is 9.21 Å². The third-order valence-corrected chi connectivity index (χ3v) is 2.88. The highest BCUT2D eigenvalue weighted by Crippen LogP contribution is 2.20. The predicted octanol–water partition coefficient (Wildman–Crippen LogP) is 3.32. The van der Waals surface area contributed by atoms with Crippen LogP contribution < -0.4 is 5.32 Å². The fourth-order valence-corrected chi connectivity index (χ4v) is 1.91. The number of nitrogens with one attached hydrogen (secondary N) is 2. The fraction of sp³-hybridized carbons (Fsp3) is 0. The van der Waals surface area contributed by atoms with Gasteiger partial charge in [-0.1, -0.05) is 12.1 Å². The standard InChI is InChI=1S/C16H13N3O2/c20-16(7-6-14-5-2-10-21-14)18-13-4-1-3-12(11-13)15-8-9-17-19-15/h1-11H,(H,17,19)(H,18,20)/b7-6-. The van der Waals surface area contributed by atoms with Crippen LogP contribution in [0.3, 0.4) is 0 Å². The van der Waals surface area contributed by atoms with Gasteiger partial charge in [0.25, 0.3) is 0 Å². The molecule has 2 N–H and O–H groups in total. The Bertz CT molecular complexity index is 744. The van der Waals surface area contributed by atoms with Gasteiger partial charge in [-0.3, -0.25) is 9.89 Å². The lowest BCUT2D eigenvalue weighted by molar-refractivity contribution is -0.111. The van der Waals surface area contributed by atoms with Gasteiger partial charge in [0.1, 0.15) is 5.76 Å². The molecule has 104 valence electrons. The summed E-state index contributed by atoms with van der Waals surface area (Å²) >= 11 is 0. The first-order chi connectivity index (χ1) is 10.3. The molecule has 3 aromatic rings. The monoisotopic (exact) mass is 279 g/mol. The first-order valence-electron chi connectivity index (χ1n) is 6.44. The average molecular weight is 279 g/mol. The fourth-order valence-electron chi connectivity index (χ4n) is 1.91. The van der Waals surface area contributed by atoms with E-state index < -0.39 is 0 Å². The zero-order chi connectivity index (χ0) is 14.5. The van der Waals surface area contributed by atoms with Gasteiger partial charge in [-0.25, -0.2) is 0 Å². The zero-order valence-corrected chi connectivity index (χ0v) is 11.1. The summed E-state index contributed by atoms with van der Waals surface area (Å²) in [5.74, 6) is 0.421. The quantitative estimate of drug-likeness (QED) is 0.720. The van der Waals surface area contributed by atoms with Crippen molar-refractivity contribution in [3.8, 4) is 11.3 Å². The van der Waals surface area contributed by atoms with Gasteiger partial charge in [-0.05, 0) is 36.4 Å². The molecule has 21 heavy (non-hydrogen) atoms. The predicted molar refractivity (Wildman–Crippen MR) is 80.4 cm³/mol. The second-order valence-corrected chi connectivity index (χ2v) is 4.39.